The van der Waals surface area contributed by atoms with E-state index in [2.05, 4.69) is 0 Å². The van der Waals surface area contributed by atoms with Crippen LogP contribution in [-0.2, 0) is 19.1 Å². The van der Waals surface area contributed by atoms with Gasteiger partial charge in [-0.25, -0.2) is 0 Å². The number of benzene rings is 1. The van der Waals surface area contributed by atoms with Gasteiger partial charge in [0, 0.05) is 0 Å². The third-order valence-corrected chi connectivity index (χ3v) is 5.12. The van der Waals surface area contributed by atoms with Crippen molar-refractivity contribution in [3.63, 3.8) is 0 Å². The summed E-state index contributed by atoms with van der Waals surface area (Å²) < 4.78 is 10.3. The van der Waals surface area contributed by atoms with E-state index in [0.29, 0.717) is 5.57 Å². The summed E-state index contributed by atoms with van der Waals surface area (Å²) in [6.07, 6.45) is 22.0. The Labute approximate surface area is 176 Å². The third-order valence-electron chi connectivity index (χ3n) is 5.12. The first-order valence-electron chi connectivity index (χ1n) is 9.65. The van der Waals surface area contributed by atoms with Crippen LogP contribution in [0.25, 0.3) is 6.08 Å². The number of methoxy groups -OCH3 is 2. The minimum absolute atomic E-state index is 0.513. The molecule has 0 radical (unpaired) electrons. The highest BCUT2D eigenvalue weighted by molar-refractivity contribution is 5.93. The zero-order valence-electron chi connectivity index (χ0n) is 17.0. The molecule has 152 valence electrons. The SMILES string of the molecule is COC(=O)C1C=CC=C2C=CC=CC=C2C1(C=CC=Cc1ccccc1)C(=O)OC. The van der Waals surface area contributed by atoms with Crippen LogP contribution >= 0.6 is 0 Å². The lowest BCUT2D eigenvalue weighted by Gasteiger charge is -2.34. The number of esters is 2. The van der Waals surface area contributed by atoms with Gasteiger partial charge < -0.3 is 9.47 Å². The molecule has 0 bridgehead atoms. The van der Waals surface area contributed by atoms with Gasteiger partial charge in [0.1, 0.15) is 5.41 Å². The fraction of sp³-hybridized carbons (Fsp3) is 0.154. The summed E-state index contributed by atoms with van der Waals surface area (Å²) in [4.78, 5) is 26.0. The van der Waals surface area contributed by atoms with Crippen molar-refractivity contribution in [3.05, 3.63) is 114 Å². The van der Waals surface area contributed by atoms with Crippen LogP contribution in [0.5, 0.6) is 0 Å². The molecule has 0 heterocycles. The average Bonchev–Trinajstić information content (AvgIpc) is 3.10. The Kier molecular flexibility index (Phi) is 6.81. The van der Waals surface area contributed by atoms with Crippen LogP contribution in [0.2, 0.25) is 0 Å². The number of carbonyl (C=O) groups is 2. The normalized spacial score (nSPS) is 22.8. The summed E-state index contributed by atoms with van der Waals surface area (Å²) in [5.74, 6) is -1.92. The molecule has 2 aliphatic rings. The minimum Gasteiger partial charge on any atom is -0.469 e. The maximum absolute atomic E-state index is 13.2. The number of allylic oxidation sites excluding steroid dienone is 10. The van der Waals surface area contributed by atoms with E-state index in [9.17, 15) is 9.59 Å². The first-order valence-corrected chi connectivity index (χ1v) is 9.65. The maximum atomic E-state index is 13.2. The fourth-order valence-corrected chi connectivity index (χ4v) is 3.67. The zero-order valence-corrected chi connectivity index (χ0v) is 17.0. The average molecular weight is 400 g/mol. The van der Waals surface area contributed by atoms with Crippen molar-refractivity contribution in [1.29, 1.82) is 0 Å². The highest BCUT2D eigenvalue weighted by Gasteiger charge is 2.51. The second-order valence-corrected chi connectivity index (χ2v) is 6.82. The van der Waals surface area contributed by atoms with Gasteiger partial charge in [-0.3, -0.25) is 9.59 Å². The molecule has 4 nitrogen and oxygen atoms in total. The van der Waals surface area contributed by atoms with Gasteiger partial charge >= 0.3 is 11.9 Å². The van der Waals surface area contributed by atoms with Gasteiger partial charge in [-0.2, -0.15) is 0 Å². The Balaban J connectivity index is 2.15. The van der Waals surface area contributed by atoms with Crippen molar-refractivity contribution in [2.24, 2.45) is 11.3 Å². The molecule has 3 rings (SSSR count). The predicted molar refractivity (Wildman–Crippen MR) is 118 cm³/mol. The Hall–Kier alpha value is -3.66. The Bertz CT molecular complexity index is 1000. The number of fused-ring (bicyclic) bond motifs is 1. The molecule has 1 aromatic rings. The highest BCUT2D eigenvalue weighted by Crippen LogP contribution is 2.46. The summed E-state index contributed by atoms with van der Waals surface area (Å²) in [7, 11) is 2.64. The van der Waals surface area contributed by atoms with Crippen molar-refractivity contribution in [2.45, 2.75) is 0 Å². The van der Waals surface area contributed by atoms with E-state index in [0.717, 1.165) is 11.1 Å². The standard InChI is InChI=1S/C26H24O4/c1-29-24(27)23-18-11-16-21-15-7-4-8-17-22(21)26(23,25(28)30-2)19-10-9-14-20-12-5-3-6-13-20/h3-19,23H,1-2H3. The molecule has 0 saturated heterocycles. The molecule has 30 heavy (non-hydrogen) atoms. The summed E-state index contributed by atoms with van der Waals surface area (Å²) >= 11 is 0. The summed E-state index contributed by atoms with van der Waals surface area (Å²) in [6.45, 7) is 0. The number of rotatable bonds is 5. The van der Waals surface area contributed by atoms with Crippen LogP contribution in [-0.4, -0.2) is 26.2 Å². The van der Waals surface area contributed by atoms with Crippen LogP contribution < -0.4 is 0 Å². The lowest BCUT2D eigenvalue weighted by atomic mass is 9.67. The van der Waals surface area contributed by atoms with E-state index < -0.39 is 23.3 Å². The smallest absolute Gasteiger partial charge is 0.321 e. The van der Waals surface area contributed by atoms with Gasteiger partial charge in [0.25, 0.3) is 0 Å². The minimum atomic E-state index is -1.37. The van der Waals surface area contributed by atoms with E-state index in [-0.39, 0.29) is 0 Å². The van der Waals surface area contributed by atoms with Gasteiger partial charge in [-0.15, -0.1) is 0 Å². The van der Waals surface area contributed by atoms with Gasteiger partial charge in [-0.05, 0) is 16.7 Å². The zero-order chi connectivity index (χ0) is 21.4. The summed E-state index contributed by atoms with van der Waals surface area (Å²) in [5, 5.41) is 0. The summed E-state index contributed by atoms with van der Waals surface area (Å²) in [6, 6.07) is 9.82. The monoisotopic (exact) mass is 400 g/mol. The van der Waals surface area contributed by atoms with E-state index in [1.165, 1.54) is 14.2 Å². The van der Waals surface area contributed by atoms with Crippen LogP contribution in [0, 0.1) is 11.3 Å². The Morgan fingerprint density at radius 3 is 2.47 bits per heavy atom. The van der Waals surface area contributed by atoms with Crippen LogP contribution in [0.1, 0.15) is 5.56 Å². The third kappa shape index (κ3) is 4.18. The van der Waals surface area contributed by atoms with Crippen molar-refractivity contribution in [3.8, 4) is 0 Å². The molecule has 2 atom stereocenters. The molecule has 1 aromatic carbocycles. The van der Waals surface area contributed by atoms with E-state index in [4.69, 9.17) is 9.47 Å². The molecular weight excluding hydrogens is 376 g/mol. The molecule has 0 N–H and O–H groups in total. The summed E-state index contributed by atoms with van der Waals surface area (Å²) in [5.41, 5.74) is 1.15. The van der Waals surface area contributed by atoms with E-state index in [1.807, 2.05) is 78.9 Å². The van der Waals surface area contributed by atoms with Crippen LogP contribution in [0.3, 0.4) is 0 Å². The van der Waals surface area contributed by atoms with Gasteiger partial charge in [-0.1, -0.05) is 103 Å². The quantitative estimate of drug-likeness (QED) is 0.529. The topological polar surface area (TPSA) is 52.6 Å². The van der Waals surface area contributed by atoms with Crippen molar-refractivity contribution < 1.29 is 19.1 Å². The van der Waals surface area contributed by atoms with Gasteiger partial charge in [0.05, 0.1) is 20.1 Å². The molecule has 0 aliphatic heterocycles. The largest absolute Gasteiger partial charge is 0.469 e. The second kappa shape index (κ2) is 9.70. The van der Waals surface area contributed by atoms with Crippen molar-refractivity contribution in [1.82, 2.24) is 0 Å². The van der Waals surface area contributed by atoms with Crippen molar-refractivity contribution >= 4 is 18.0 Å². The molecule has 0 amide bonds. The Morgan fingerprint density at radius 2 is 1.73 bits per heavy atom. The lowest BCUT2D eigenvalue weighted by molar-refractivity contribution is -0.158. The maximum Gasteiger partial charge on any atom is 0.321 e. The van der Waals surface area contributed by atoms with Gasteiger partial charge in [0.2, 0.25) is 0 Å². The Morgan fingerprint density at radius 1 is 0.933 bits per heavy atom. The van der Waals surface area contributed by atoms with E-state index in [1.54, 1.807) is 24.3 Å². The second-order valence-electron chi connectivity index (χ2n) is 6.82. The molecule has 0 spiro atoms. The molecule has 4 heteroatoms. The predicted octanol–water partition coefficient (Wildman–Crippen LogP) is 4.75. The van der Waals surface area contributed by atoms with Crippen LogP contribution in [0.4, 0.5) is 0 Å². The molecule has 0 fully saturated rings. The van der Waals surface area contributed by atoms with Gasteiger partial charge in [0.15, 0.2) is 0 Å². The number of ether oxygens (including phenoxy) is 2. The number of hydrogen-bond acceptors (Lipinski definition) is 4. The molecule has 0 saturated carbocycles. The molecular formula is C26H24O4. The van der Waals surface area contributed by atoms with Crippen molar-refractivity contribution in [2.75, 3.05) is 14.2 Å². The molecule has 2 aliphatic carbocycles. The highest BCUT2D eigenvalue weighted by atomic mass is 16.5. The fourth-order valence-electron chi connectivity index (χ4n) is 3.67. The van der Waals surface area contributed by atoms with E-state index >= 15 is 0 Å². The first kappa shape index (κ1) is 21.1. The number of hydrogen-bond donors (Lipinski definition) is 0. The molecule has 2 unspecified atom stereocenters. The first-order chi connectivity index (χ1) is 14.6. The number of carbonyl (C=O) groups excluding carboxylic acids is 2. The van der Waals surface area contributed by atoms with Crippen LogP contribution in [0.15, 0.2) is 108 Å². The molecule has 0 aromatic heterocycles. The lowest BCUT2D eigenvalue weighted by Crippen LogP contribution is -2.43.